The Labute approximate surface area is 818 Å². The van der Waals surface area contributed by atoms with E-state index in [9.17, 15) is 111 Å². The molecule has 7 heterocycles. The first-order valence-corrected chi connectivity index (χ1v) is 44.1. The van der Waals surface area contributed by atoms with Gasteiger partial charge in [0, 0.05) is 152 Å². The van der Waals surface area contributed by atoms with Gasteiger partial charge in [-0.25, -0.2) is 0 Å². The monoisotopic (exact) mass is 2080 g/mol. The number of carbonyl (C=O) groups is 22. The standard InChI is InChI=1S/C86H116O58/c1-30(87)110-23-52-60(66(118-38(9)95)73(80(109)132-52)125-45(16)102)139-82-75(127-47(18)104)68(120-40(11)97)62(54(134-82)25-112-32(3)89)141-84-77(129-49(20)106)70(122-42(13)99)64(56(136-84)27-114-34(5)91)143-86-79(131-51(22)108)72(124-44(15)101)65(58(138-86)29-116-36(7)93)144-85-78(130-50(21)107)71(123-43(14)100)63(57(137-85)28-115-35(6)92)142-83-76(128-48(19)105)69(121-41(12)98)61(55(135-83)26-113-33(4)90)140-81-74(126-46(17)103)67(119-39(10)96)59(117-37(8)94)53(133-81)24-111-31(2)88/h52-86,109H,23-29H2,1-22H3. The quantitative estimate of drug-likeness (QED) is 0.0454. The fourth-order valence-corrected chi connectivity index (χ4v) is 15.9. The van der Waals surface area contributed by atoms with Gasteiger partial charge in [0.05, 0.1) is 0 Å². The fourth-order valence-electron chi connectivity index (χ4n) is 15.9. The first kappa shape index (κ1) is 119. The van der Waals surface area contributed by atoms with Crippen molar-refractivity contribution >= 4 is 131 Å². The molecule has 7 saturated heterocycles. The fraction of sp³-hybridized carbons (Fsp3) is 0.744. The van der Waals surface area contributed by atoms with Crippen LogP contribution in [0.15, 0.2) is 0 Å². The summed E-state index contributed by atoms with van der Waals surface area (Å²) in [6, 6.07) is 0. The molecule has 7 aliphatic rings. The van der Waals surface area contributed by atoms with Gasteiger partial charge in [-0.15, -0.1) is 0 Å². The predicted molar refractivity (Wildman–Crippen MR) is 442 cm³/mol. The largest absolute Gasteiger partial charge is 0.463 e. The third kappa shape index (κ3) is 35.3. The summed E-state index contributed by atoms with van der Waals surface area (Å²) in [4.78, 5) is 292. The van der Waals surface area contributed by atoms with Gasteiger partial charge < -0.3 is 171 Å². The van der Waals surface area contributed by atoms with Crippen LogP contribution in [0.25, 0.3) is 0 Å². The van der Waals surface area contributed by atoms with Crippen LogP contribution in [0.2, 0.25) is 0 Å². The molecule has 7 rings (SSSR count). The zero-order valence-corrected chi connectivity index (χ0v) is 81.9. The molecule has 0 radical (unpaired) electrons. The Morgan fingerprint density at radius 3 is 0.403 bits per heavy atom. The Bertz CT molecular complexity index is 4520. The number of ether oxygens (including phenoxy) is 35. The van der Waals surface area contributed by atoms with Gasteiger partial charge in [0.2, 0.25) is 0 Å². The summed E-state index contributed by atoms with van der Waals surface area (Å²) in [6.07, 6.45) is -76.9. The number of aliphatic hydroxyl groups excluding tert-OH is 1. The van der Waals surface area contributed by atoms with Crippen LogP contribution >= 0.6 is 0 Å². The third-order valence-electron chi connectivity index (χ3n) is 20.6. The summed E-state index contributed by atoms with van der Waals surface area (Å²) < 4.78 is 208. The molecular formula is C86H116O58. The summed E-state index contributed by atoms with van der Waals surface area (Å²) in [5, 5.41) is 11.2. The van der Waals surface area contributed by atoms with Gasteiger partial charge in [-0.05, 0) is 0 Å². The van der Waals surface area contributed by atoms with Gasteiger partial charge in [-0.1, -0.05) is 0 Å². The number of aliphatic hydroxyl groups is 1. The lowest BCUT2D eigenvalue weighted by Gasteiger charge is -2.52. The Balaban J connectivity index is 1.39. The zero-order valence-electron chi connectivity index (χ0n) is 81.9. The van der Waals surface area contributed by atoms with Crippen LogP contribution in [0.4, 0.5) is 0 Å². The molecule has 0 bridgehead atoms. The second-order valence-corrected chi connectivity index (χ2v) is 32.7. The van der Waals surface area contributed by atoms with Crippen LogP contribution in [-0.4, -0.2) is 398 Å². The molecule has 0 aromatic heterocycles. The summed E-state index contributed by atoms with van der Waals surface area (Å²) in [5.41, 5.74) is 0. The first-order chi connectivity index (χ1) is 67.4. The maximum absolute atomic E-state index is 14.0. The van der Waals surface area contributed by atoms with E-state index in [0.717, 1.165) is 152 Å². The minimum atomic E-state index is -2.50. The van der Waals surface area contributed by atoms with Crippen molar-refractivity contribution in [3.8, 4) is 0 Å². The molecule has 0 saturated carbocycles. The minimum absolute atomic E-state index is 0.775. The minimum Gasteiger partial charge on any atom is -0.463 e. The van der Waals surface area contributed by atoms with E-state index in [1.54, 1.807) is 0 Å². The molecule has 1 N–H and O–H groups in total. The lowest BCUT2D eigenvalue weighted by molar-refractivity contribution is -0.398. The number of hydrogen-bond donors (Lipinski definition) is 1. The Morgan fingerprint density at radius 2 is 0.257 bits per heavy atom. The summed E-state index contributed by atoms with van der Waals surface area (Å²) >= 11 is 0. The number of esters is 22. The van der Waals surface area contributed by atoms with E-state index in [-0.39, 0.29) is 0 Å². The Kier molecular flexibility index (Phi) is 45.1. The van der Waals surface area contributed by atoms with E-state index >= 15 is 0 Å². The normalized spacial score (nSPS) is 33.3. The highest BCUT2D eigenvalue weighted by molar-refractivity contribution is 5.74. The molecule has 58 heteroatoms. The Hall–Kier alpha value is -12.2. The topological polar surface area (TPSA) is 719 Å². The first-order valence-electron chi connectivity index (χ1n) is 44.1. The highest BCUT2D eigenvalue weighted by Crippen LogP contribution is 2.44. The van der Waals surface area contributed by atoms with Gasteiger partial charge >= 0.3 is 131 Å². The van der Waals surface area contributed by atoms with Crippen LogP contribution in [0.1, 0.15) is 152 Å². The van der Waals surface area contributed by atoms with Crippen molar-refractivity contribution in [3.05, 3.63) is 0 Å². The van der Waals surface area contributed by atoms with Crippen molar-refractivity contribution in [3.63, 3.8) is 0 Å². The number of rotatable bonds is 41. The van der Waals surface area contributed by atoms with Crippen molar-refractivity contribution in [2.45, 2.75) is 367 Å². The average molecular weight is 2080 g/mol. The zero-order chi connectivity index (χ0) is 108. The highest BCUT2D eigenvalue weighted by Gasteiger charge is 2.66. The smallest absolute Gasteiger partial charge is 0.303 e. The van der Waals surface area contributed by atoms with E-state index in [4.69, 9.17) is 166 Å². The SMILES string of the molecule is CC(=O)OCC1OC(O)C(OC(C)=O)C(OC(C)=O)C1OC1OC(COC(C)=O)C(OC2OC(COC(C)=O)C(OC3OC(COC(C)=O)C(OC4OC(COC(C)=O)C(OC5OC(COC(C)=O)C(OC6OC(COC(C)=O)C(OC(C)=O)C(OC(C)=O)C6OC(C)=O)C(OC(C)=O)C5OC(C)=O)C(OC(C)=O)C4OC(C)=O)C(OC(C)=O)C3OC(C)=O)C(OC(C)=O)C2OC(C)=O)C(OC(C)=O)C1OC(C)=O. The van der Waals surface area contributed by atoms with Crippen LogP contribution in [0.3, 0.4) is 0 Å². The van der Waals surface area contributed by atoms with Crippen molar-refractivity contribution in [1.29, 1.82) is 0 Å². The average Bonchev–Trinajstić information content (AvgIpc) is 0.753. The van der Waals surface area contributed by atoms with Crippen LogP contribution in [0.5, 0.6) is 0 Å². The van der Waals surface area contributed by atoms with Crippen LogP contribution in [-0.2, 0) is 271 Å². The van der Waals surface area contributed by atoms with E-state index in [0.29, 0.717) is 0 Å². The number of carbonyl (C=O) groups excluding carboxylic acids is 22. The molecule has 0 aromatic carbocycles. The molecule has 144 heavy (non-hydrogen) atoms. The van der Waals surface area contributed by atoms with Gasteiger partial charge in [-0.2, -0.15) is 0 Å². The summed E-state index contributed by atoms with van der Waals surface area (Å²) in [6.45, 7) is 11.6. The molecule has 0 amide bonds. The Morgan fingerprint density at radius 1 is 0.146 bits per heavy atom. The van der Waals surface area contributed by atoms with E-state index < -0.39 is 393 Å². The molecule has 0 spiro atoms. The highest BCUT2D eigenvalue weighted by atomic mass is 16.8. The molecular weight excluding hydrogens is 1960 g/mol. The second kappa shape index (κ2) is 54.6. The van der Waals surface area contributed by atoms with Gasteiger partial charge in [0.25, 0.3) is 0 Å². The molecule has 7 fully saturated rings. The lowest BCUT2D eigenvalue weighted by Crippen LogP contribution is -2.70. The molecule has 7 aliphatic heterocycles. The molecule has 0 aliphatic carbocycles. The maximum Gasteiger partial charge on any atom is 0.303 e. The van der Waals surface area contributed by atoms with E-state index in [1.807, 2.05) is 0 Å². The maximum atomic E-state index is 14.0. The van der Waals surface area contributed by atoms with Gasteiger partial charge in [-0.3, -0.25) is 105 Å². The van der Waals surface area contributed by atoms with Crippen molar-refractivity contribution in [2.75, 3.05) is 46.2 Å². The molecule has 58 nitrogen and oxygen atoms in total. The summed E-state index contributed by atoms with van der Waals surface area (Å²) in [7, 11) is 0. The van der Waals surface area contributed by atoms with E-state index in [2.05, 4.69) is 0 Å². The third-order valence-corrected chi connectivity index (χ3v) is 20.6. The molecule has 808 valence electrons. The van der Waals surface area contributed by atoms with Gasteiger partial charge in [0.15, 0.2) is 136 Å². The molecule has 35 unspecified atom stereocenters. The van der Waals surface area contributed by atoms with Crippen molar-refractivity contribution in [2.24, 2.45) is 0 Å². The second-order valence-electron chi connectivity index (χ2n) is 32.7. The number of hydrogen-bond acceptors (Lipinski definition) is 58. The van der Waals surface area contributed by atoms with Gasteiger partial charge in [0.1, 0.15) is 126 Å². The van der Waals surface area contributed by atoms with Crippen LogP contribution in [0, 0.1) is 0 Å². The van der Waals surface area contributed by atoms with Crippen molar-refractivity contribution < 1.29 is 276 Å². The predicted octanol–water partition coefficient (Wildman–Crippen LogP) is -3.72. The van der Waals surface area contributed by atoms with Crippen molar-refractivity contribution in [1.82, 2.24) is 0 Å². The van der Waals surface area contributed by atoms with E-state index in [1.165, 1.54) is 0 Å². The lowest BCUT2D eigenvalue weighted by atomic mass is 9.94. The summed E-state index contributed by atoms with van der Waals surface area (Å²) in [5.74, 6) is -25.9. The molecule has 35 atom stereocenters. The van der Waals surface area contributed by atoms with Crippen LogP contribution < -0.4 is 0 Å². The molecule has 0 aromatic rings.